The highest BCUT2D eigenvalue weighted by atomic mass is 19.5. The molecule has 1 aliphatic rings. The van der Waals surface area contributed by atoms with E-state index in [0.29, 0.717) is 0 Å². The van der Waals surface area contributed by atoms with Gasteiger partial charge in [-0.3, -0.25) is 10.1 Å². The summed E-state index contributed by atoms with van der Waals surface area (Å²) >= 11 is 0. The van der Waals surface area contributed by atoms with Crippen LogP contribution in [0.5, 0.6) is 0 Å². The van der Waals surface area contributed by atoms with Crippen molar-refractivity contribution in [3.05, 3.63) is 111 Å². The van der Waals surface area contributed by atoms with Gasteiger partial charge in [-0.05, 0) is 39.7 Å². The Labute approximate surface area is 221 Å². The molecule has 1 fully saturated rings. The number of rotatable bonds is 5. The Morgan fingerprint density at radius 3 is 1.58 bits per heavy atom. The lowest BCUT2D eigenvalue weighted by Crippen LogP contribution is -2.11. The highest BCUT2D eigenvalue weighted by molar-refractivity contribution is 6.50. The first-order valence-electron chi connectivity index (χ1n) is 12.4. The summed E-state index contributed by atoms with van der Waals surface area (Å²) in [6.45, 7) is 13.4. The predicted octanol–water partition coefficient (Wildman–Crippen LogP) is 8.69. The van der Waals surface area contributed by atoms with Gasteiger partial charge in [0.15, 0.2) is 0 Å². The van der Waals surface area contributed by atoms with Gasteiger partial charge in [-0.2, -0.15) is 0 Å². The summed E-state index contributed by atoms with van der Waals surface area (Å²) in [5.41, 5.74) is 6.40. The van der Waals surface area contributed by atoms with Crippen LogP contribution in [0.4, 0.5) is 28.6 Å². The summed E-state index contributed by atoms with van der Waals surface area (Å²) in [6.07, 6.45) is 0. The first-order valence-corrected chi connectivity index (χ1v) is 12.4. The smallest absolute Gasteiger partial charge is 0.418 e. The van der Waals surface area contributed by atoms with Crippen LogP contribution >= 0.6 is 0 Å². The van der Waals surface area contributed by atoms with Crippen LogP contribution < -0.4 is 5.32 Å². The molecule has 0 saturated heterocycles. The van der Waals surface area contributed by atoms with E-state index in [0.717, 1.165) is 5.69 Å². The van der Waals surface area contributed by atoms with E-state index in [4.69, 9.17) is 0 Å². The van der Waals surface area contributed by atoms with Gasteiger partial charge in [0.05, 0.1) is 16.8 Å². The molecule has 1 saturated carbocycles. The Morgan fingerprint density at radius 1 is 0.763 bits per heavy atom. The van der Waals surface area contributed by atoms with Gasteiger partial charge in [0.25, 0.3) is 5.69 Å². The monoisotopic (exact) mass is 528 g/mol. The third-order valence-electron chi connectivity index (χ3n) is 6.51. The SMILES string of the molecule is CC(C)(C)c1ccc([C+]2C(Nc3ccc([N+](=O)[O-])cc3)C2c2ccc(C(C)(C)C)cc2)cc1.F[B-](F)(F)F. The van der Waals surface area contributed by atoms with Crippen molar-refractivity contribution < 1.29 is 22.2 Å². The molecule has 0 heterocycles. The van der Waals surface area contributed by atoms with Crippen LogP contribution in [0, 0.1) is 16.0 Å². The maximum Gasteiger partial charge on any atom is 0.673 e. The lowest BCUT2D eigenvalue weighted by Gasteiger charge is -2.19. The number of nitro benzene ring substituents is 1. The van der Waals surface area contributed by atoms with Crippen LogP contribution in [0.25, 0.3) is 0 Å². The van der Waals surface area contributed by atoms with Crippen LogP contribution in [0.1, 0.15) is 69.7 Å². The molecule has 1 aliphatic carbocycles. The number of hydrogen-bond donors (Lipinski definition) is 1. The summed E-state index contributed by atoms with van der Waals surface area (Å²) in [5, 5.41) is 14.6. The minimum absolute atomic E-state index is 0.104. The molecule has 202 valence electrons. The van der Waals surface area contributed by atoms with E-state index < -0.39 is 7.25 Å². The fourth-order valence-electron chi connectivity index (χ4n) is 4.37. The Bertz CT molecular complexity index is 1160. The van der Waals surface area contributed by atoms with Gasteiger partial charge in [-0.25, -0.2) is 0 Å². The van der Waals surface area contributed by atoms with Crippen molar-refractivity contribution in [2.24, 2.45) is 0 Å². The number of anilines is 1. The molecule has 1 N–H and O–H groups in total. The molecule has 0 aromatic heterocycles. The third kappa shape index (κ3) is 7.76. The van der Waals surface area contributed by atoms with Crippen LogP contribution in [0.15, 0.2) is 72.8 Å². The molecule has 0 bridgehead atoms. The van der Waals surface area contributed by atoms with Crippen LogP contribution in [0.3, 0.4) is 0 Å². The van der Waals surface area contributed by atoms with Crippen molar-refractivity contribution in [3.63, 3.8) is 0 Å². The van der Waals surface area contributed by atoms with Crippen molar-refractivity contribution in [2.75, 3.05) is 5.32 Å². The summed E-state index contributed by atoms with van der Waals surface area (Å²) < 4.78 is 39.0. The fourth-order valence-corrected chi connectivity index (χ4v) is 4.37. The number of halogens is 4. The molecule has 9 heteroatoms. The van der Waals surface area contributed by atoms with E-state index in [-0.39, 0.29) is 33.4 Å². The first kappa shape index (κ1) is 29.1. The molecule has 0 spiro atoms. The average Bonchev–Trinajstić information content (AvgIpc) is 3.51. The standard InChI is InChI=1S/C29H33N2O2.BF4/c1-28(2,3)21-11-7-19(8-12-21)25-26(20-9-13-22(14-10-20)29(4,5)6)27(25)30-23-15-17-24(18-16-23)31(32)33;2-1(3,4)5/h7-18,25,27,30H,1-6H3;/q+1;-1. The van der Waals surface area contributed by atoms with Gasteiger partial charge in [-0.15, -0.1) is 0 Å². The second-order valence-corrected chi connectivity index (χ2v) is 11.6. The van der Waals surface area contributed by atoms with Gasteiger partial charge in [0.2, 0.25) is 0 Å². The van der Waals surface area contributed by atoms with Gasteiger partial charge >= 0.3 is 7.25 Å². The molecule has 0 aliphatic heterocycles. The summed E-state index contributed by atoms with van der Waals surface area (Å²) in [4.78, 5) is 10.6. The maximum absolute atomic E-state index is 11.0. The molecular weight excluding hydrogens is 495 g/mol. The highest BCUT2D eigenvalue weighted by Gasteiger charge is 2.58. The molecule has 4 rings (SSSR count). The quantitative estimate of drug-likeness (QED) is 0.119. The summed E-state index contributed by atoms with van der Waals surface area (Å²) in [6, 6.07) is 24.7. The van der Waals surface area contributed by atoms with E-state index in [1.54, 1.807) is 24.3 Å². The Morgan fingerprint density at radius 2 is 1.18 bits per heavy atom. The van der Waals surface area contributed by atoms with Gasteiger partial charge in [-0.1, -0.05) is 65.8 Å². The zero-order valence-electron chi connectivity index (χ0n) is 22.4. The van der Waals surface area contributed by atoms with Crippen molar-refractivity contribution in [2.45, 2.75) is 64.3 Å². The fraction of sp³-hybridized carbons (Fsp3) is 0.345. The molecule has 3 aromatic rings. The normalized spacial score (nSPS) is 17.4. The zero-order chi connectivity index (χ0) is 28.5. The van der Waals surface area contributed by atoms with E-state index >= 15 is 0 Å². The number of nitrogens with one attached hydrogen (secondary N) is 1. The highest BCUT2D eigenvalue weighted by Crippen LogP contribution is 2.55. The van der Waals surface area contributed by atoms with E-state index in [1.165, 1.54) is 28.2 Å². The molecule has 3 aromatic carbocycles. The molecule has 0 amide bonds. The van der Waals surface area contributed by atoms with Crippen molar-refractivity contribution in [1.29, 1.82) is 0 Å². The van der Waals surface area contributed by atoms with Gasteiger partial charge in [0.1, 0.15) is 11.6 Å². The topological polar surface area (TPSA) is 55.2 Å². The second kappa shape index (κ2) is 10.7. The van der Waals surface area contributed by atoms with Crippen molar-refractivity contribution in [3.8, 4) is 0 Å². The Kier molecular flexibility index (Phi) is 8.20. The van der Waals surface area contributed by atoms with Gasteiger partial charge in [0, 0.05) is 42.1 Å². The number of non-ortho nitro benzene ring substituents is 1. The van der Waals surface area contributed by atoms with E-state index in [9.17, 15) is 27.4 Å². The van der Waals surface area contributed by atoms with E-state index in [1.807, 2.05) is 0 Å². The zero-order valence-corrected chi connectivity index (χ0v) is 22.4. The number of hydrogen-bond acceptors (Lipinski definition) is 3. The molecule has 38 heavy (non-hydrogen) atoms. The summed E-state index contributed by atoms with van der Waals surface area (Å²) in [5.74, 6) is 1.63. The maximum atomic E-state index is 11.0. The predicted molar refractivity (Wildman–Crippen MR) is 146 cm³/mol. The lowest BCUT2D eigenvalue weighted by atomic mass is 9.86. The number of nitrogens with zero attached hydrogens (tertiary/aromatic N) is 1. The molecule has 0 radical (unpaired) electrons. The number of nitro groups is 1. The van der Waals surface area contributed by atoms with Crippen LogP contribution in [0.2, 0.25) is 0 Å². The molecule has 2 unspecified atom stereocenters. The largest absolute Gasteiger partial charge is 0.673 e. The second-order valence-electron chi connectivity index (χ2n) is 11.6. The molecular formula is C29H33BF4N2O2. The van der Waals surface area contributed by atoms with E-state index in [2.05, 4.69) is 95.4 Å². The Balaban J connectivity index is 0.000000732. The lowest BCUT2D eigenvalue weighted by molar-refractivity contribution is -0.384. The molecule has 4 nitrogen and oxygen atoms in total. The number of benzene rings is 3. The summed E-state index contributed by atoms with van der Waals surface area (Å²) in [7, 11) is -6.00. The average molecular weight is 528 g/mol. The first-order chi connectivity index (χ1) is 17.4. The third-order valence-corrected chi connectivity index (χ3v) is 6.51. The van der Waals surface area contributed by atoms with Crippen molar-refractivity contribution >= 4 is 18.6 Å². The minimum Gasteiger partial charge on any atom is -0.418 e. The van der Waals surface area contributed by atoms with Crippen LogP contribution in [-0.4, -0.2) is 18.2 Å². The molecule has 2 atom stereocenters. The minimum atomic E-state index is -6.00. The van der Waals surface area contributed by atoms with Gasteiger partial charge < -0.3 is 22.6 Å². The Hall–Kier alpha value is -3.49. The van der Waals surface area contributed by atoms with Crippen LogP contribution in [-0.2, 0) is 10.8 Å². The van der Waals surface area contributed by atoms with Crippen molar-refractivity contribution in [1.82, 2.24) is 0 Å².